The van der Waals surface area contributed by atoms with E-state index in [1.54, 1.807) is 0 Å². The van der Waals surface area contributed by atoms with Crippen molar-refractivity contribution in [2.75, 3.05) is 0 Å². The molecule has 0 bridgehead atoms. The maximum absolute atomic E-state index is 12.4. The minimum atomic E-state index is -4.27. The number of benzene rings is 1. The van der Waals surface area contributed by atoms with Gasteiger partial charge in [0.2, 0.25) is 0 Å². The maximum Gasteiger partial charge on any atom is 0.0311 e. The fraction of sp³-hybridized carbons (Fsp3) is 0.526. The van der Waals surface area contributed by atoms with E-state index in [0.29, 0.717) is 6.54 Å². The molecular weight excluding hydrogens is 776 g/mol. The molecule has 160 valence electrons. The molecule has 2 aromatic rings. The van der Waals surface area contributed by atoms with Crippen LogP contribution < -0.4 is 0 Å². The van der Waals surface area contributed by atoms with Gasteiger partial charge in [0.05, 0.1) is 0 Å². The second kappa shape index (κ2) is 11.6. The summed E-state index contributed by atoms with van der Waals surface area (Å²) in [5.41, 5.74) is 0.233. The Labute approximate surface area is 203 Å². The molecule has 0 atom stereocenters. The quantitative estimate of drug-likeness (QED) is 0.192. The number of rotatable bonds is 3. The van der Waals surface area contributed by atoms with Crippen molar-refractivity contribution >= 4 is 45.7 Å². The Bertz CT molecular complexity index is 777. The molecule has 1 aliphatic rings. The van der Waals surface area contributed by atoms with Gasteiger partial charge >= 0.3 is 113 Å². The maximum atomic E-state index is 12.4. The molecule has 0 amide bonds. The van der Waals surface area contributed by atoms with Crippen molar-refractivity contribution in [1.82, 2.24) is 10.5 Å². The van der Waals surface area contributed by atoms with Gasteiger partial charge in [-0.25, -0.2) is 0 Å². The first-order valence-corrected chi connectivity index (χ1v) is 12.2. The summed E-state index contributed by atoms with van der Waals surface area (Å²) in [4.78, 5) is 0. The zero-order valence-corrected chi connectivity index (χ0v) is 22.1. The van der Waals surface area contributed by atoms with Crippen LogP contribution in [0.2, 0.25) is 0 Å². The van der Waals surface area contributed by atoms with Gasteiger partial charge in [0.1, 0.15) is 0 Å². The summed E-state index contributed by atoms with van der Waals surface area (Å²) in [5.74, 6) is 0. The van der Waals surface area contributed by atoms with Gasteiger partial charge in [-0.3, -0.25) is 0 Å². The Balaban J connectivity index is 0.000000237. The molecule has 3 rings (SSSR count). The third-order valence-corrected chi connectivity index (χ3v) is 7.72. The van der Waals surface area contributed by atoms with E-state index in [1.165, 1.54) is 50.7 Å². The van der Waals surface area contributed by atoms with E-state index in [4.69, 9.17) is 0 Å². The van der Waals surface area contributed by atoms with Crippen LogP contribution in [0.15, 0.2) is 36.7 Å². The molecule has 1 aromatic carbocycles. The Kier molecular flexibility index (Phi) is 10.2. The number of nitrogens with zero attached hydrogens (tertiary/aromatic N) is 3. The van der Waals surface area contributed by atoms with E-state index < -0.39 is 11.7 Å². The van der Waals surface area contributed by atoms with E-state index in [0.717, 1.165) is 27.5 Å². The van der Waals surface area contributed by atoms with Gasteiger partial charge in [0.15, 0.2) is 0 Å². The average molecular weight is 800 g/mol. The van der Waals surface area contributed by atoms with Crippen LogP contribution in [0.5, 0.6) is 0 Å². The first-order chi connectivity index (χ1) is 13.2. The van der Waals surface area contributed by atoms with E-state index in [-0.39, 0.29) is 0 Å². The summed E-state index contributed by atoms with van der Waals surface area (Å²) in [7, 11) is 1.92. The first-order valence-electron chi connectivity index (χ1n) is 9.12. The fourth-order valence-corrected chi connectivity index (χ4v) is 4.69. The van der Waals surface area contributed by atoms with Crippen LogP contribution in [0.4, 0.5) is 13.2 Å². The molecule has 0 N–H and O–H groups in total. The summed E-state index contributed by atoms with van der Waals surface area (Å²) in [6.07, 6.45) is 8.15. The number of aromatic nitrogens is 2. The van der Waals surface area contributed by atoms with Crippen LogP contribution in [0.1, 0.15) is 49.7 Å². The summed E-state index contributed by atoms with van der Waals surface area (Å²) in [6.45, 7) is 0.567. The van der Waals surface area contributed by atoms with Crippen LogP contribution in [-0.4, -0.2) is 16.5 Å². The third-order valence-electron chi connectivity index (χ3n) is 4.69. The zero-order chi connectivity index (χ0) is 20.7. The van der Waals surface area contributed by atoms with Gasteiger partial charge in [0, 0.05) is 51.8 Å². The number of hydrogen-bond acceptors (Lipinski definition) is 1. The van der Waals surface area contributed by atoms with E-state index in [9.17, 15) is 13.2 Å². The molecule has 0 saturated heterocycles. The van der Waals surface area contributed by atoms with Gasteiger partial charge < -0.3 is 0 Å². The average Bonchev–Trinajstić information content (AvgIpc) is 2.85. The zero-order valence-electron chi connectivity index (χ0n) is 15.5. The molecule has 0 spiro atoms. The minimum Gasteiger partial charge on any atom is -0.185 e. The molecule has 1 fully saturated rings. The van der Waals surface area contributed by atoms with Crippen LogP contribution in [0.25, 0.3) is 0 Å². The van der Waals surface area contributed by atoms with Gasteiger partial charge in [-0.05, 0) is 12.8 Å². The SMILES string of the molecule is Cn1ccn(Cc2ccc(C(F)(F)F)cc2)[c]1=[Pt].IN(I)C1CCCCCC1. The molecular formula is C19H24F3I2N3Pt. The third kappa shape index (κ3) is 7.87. The van der Waals surface area contributed by atoms with Crippen LogP contribution in [-0.2, 0) is 39.1 Å². The Hall–Kier alpha value is 0.328. The van der Waals surface area contributed by atoms with Crippen molar-refractivity contribution in [2.45, 2.75) is 57.3 Å². The van der Waals surface area contributed by atoms with Crippen molar-refractivity contribution in [3.63, 3.8) is 0 Å². The standard InChI is InChI=1S/C12H11F3N2.C7H13I2N.Pt/c1-16-6-7-17(9-16)8-10-2-4-11(5-3-10)12(13,14)15;8-10(9)7-5-3-1-2-4-6-7;/h2-7H,8H2,1H3;7H,1-6H2;. The predicted octanol–water partition coefficient (Wildman–Crippen LogP) is 6.68. The number of halogens is 5. The molecule has 1 aliphatic carbocycles. The monoisotopic (exact) mass is 800 g/mol. The second-order valence-electron chi connectivity index (χ2n) is 6.88. The first kappa shape index (κ1) is 24.6. The van der Waals surface area contributed by atoms with Gasteiger partial charge in [-0.15, -0.1) is 0 Å². The summed E-state index contributed by atoms with van der Waals surface area (Å²) in [5, 5.41) is 0. The van der Waals surface area contributed by atoms with Crippen molar-refractivity contribution in [1.29, 1.82) is 0 Å². The summed E-state index contributed by atoms with van der Waals surface area (Å²) >= 11 is 6.97. The van der Waals surface area contributed by atoms with E-state index in [2.05, 4.69) is 66.4 Å². The van der Waals surface area contributed by atoms with Crippen molar-refractivity contribution in [3.05, 3.63) is 51.6 Å². The van der Waals surface area contributed by atoms with Crippen LogP contribution in [0.3, 0.4) is 0 Å². The Morgan fingerprint density at radius 2 is 1.61 bits per heavy atom. The molecule has 0 radical (unpaired) electrons. The summed E-state index contributed by atoms with van der Waals surface area (Å²) < 4.78 is 44.5. The number of aryl methyl sites for hydroxylation is 1. The topological polar surface area (TPSA) is 13.1 Å². The number of alkyl halides is 3. The molecule has 1 heterocycles. The Morgan fingerprint density at radius 3 is 2.04 bits per heavy atom. The molecule has 0 aliphatic heterocycles. The van der Waals surface area contributed by atoms with Gasteiger partial charge in [-0.2, -0.15) is 1.33 Å². The van der Waals surface area contributed by atoms with E-state index >= 15 is 0 Å². The second-order valence-corrected chi connectivity index (χ2v) is 11.8. The molecule has 1 saturated carbocycles. The van der Waals surface area contributed by atoms with E-state index in [1.807, 2.05) is 28.6 Å². The fourth-order valence-electron chi connectivity index (χ4n) is 3.06. The van der Waals surface area contributed by atoms with Crippen LogP contribution >= 0.6 is 45.7 Å². The Morgan fingerprint density at radius 1 is 1.04 bits per heavy atom. The molecule has 28 heavy (non-hydrogen) atoms. The molecule has 1 aromatic heterocycles. The molecule has 9 heteroatoms. The van der Waals surface area contributed by atoms with Crippen molar-refractivity contribution in [2.24, 2.45) is 7.05 Å². The number of imidazole rings is 1. The minimum absolute atomic E-state index is 0.567. The van der Waals surface area contributed by atoms with Crippen molar-refractivity contribution in [3.8, 4) is 0 Å². The van der Waals surface area contributed by atoms with Crippen LogP contribution in [0, 0.1) is 3.80 Å². The smallest absolute Gasteiger partial charge is 0.0311 e. The van der Waals surface area contributed by atoms with Gasteiger partial charge in [0.25, 0.3) is 0 Å². The van der Waals surface area contributed by atoms with Crippen molar-refractivity contribution < 1.29 is 32.5 Å². The largest absolute Gasteiger partial charge is 0.185 e. The molecule has 0 unspecified atom stereocenters. The van der Waals surface area contributed by atoms with Gasteiger partial charge in [-0.1, -0.05) is 25.7 Å². The summed E-state index contributed by atoms with van der Waals surface area (Å²) in [6, 6.07) is 6.11. The predicted molar refractivity (Wildman–Crippen MR) is 119 cm³/mol. The normalized spacial score (nSPS) is 15.9. The number of hydrogen-bond donors (Lipinski definition) is 0. The molecule has 3 nitrogen and oxygen atoms in total.